The molecule has 1 aliphatic rings. The normalized spacial score (nSPS) is 15.1. The van der Waals surface area contributed by atoms with Crippen LogP contribution in [0.5, 0.6) is 0 Å². The molecule has 0 aromatic carbocycles. The van der Waals surface area contributed by atoms with Crippen LogP contribution in [0.25, 0.3) is 11.4 Å². The molecule has 0 radical (unpaired) electrons. The van der Waals surface area contributed by atoms with Crippen LogP contribution in [0, 0.1) is 0 Å². The molecule has 1 fully saturated rings. The number of hydrogen-bond acceptors (Lipinski definition) is 5. The van der Waals surface area contributed by atoms with Crippen LogP contribution in [-0.2, 0) is 16.6 Å². The van der Waals surface area contributed by atoms with E-state index in [2.05, 4.69) is 14.8 Å². The largest absolute Gasteiger partial charge is 0.346 e. The van der Waals surface area contributed by atoms with Crippen molar-refractivity contribution in [3.05, 3.63) is 35.0 Å². The van der Waals surface area contributed by atoms with Gasteiger partial charge in [-0.25, -0.2) is 22.6 Å². The molecule has 1 aliphatic carbocycles. The van der Waals surface area contributed by atoms with Gasteiger partial charge in [-0.3, -0.25) is 9.55 Å². The van der Waals surface area contributed by atoms with E-state index in [0.717, 1.165) is 18.4 Å². The lowest BCUT2D eigenvalue weighted by Gasteiger charge is -2.08. The highest BCUT2D eigenvalue weighted by atomic mass is 32.2. The van der Waals surface area contributed by atoms with Crippen molar-refractivity contribution >= 4 is 10.0 Å². The lowest BCUT2D eigenvalue weighted by molar-refractivity contribution is 0.542. The second-order valence-corrected chi connectivity index (χ2v) is 8.48. The van der Waals surface area contributed by atoms with Gasteiger partial charge in [-0.1, -0.05) is 0 Å². The van der Waals surface area contributed by atoms with E-state index in [4.69, 9.17) is 0 Å². The summed E-state index contributed by atoms with van der Waals surface area (Å²) >= 11 is 0. The van der Waals surface area contributed by atoms with E-state index in [1.54, 1.807) is 36.9 Å². The first kappa shape index (κ1) is 16.8. The number of nitrogens with one attached hydrogen (secondary N) is 1. The molecule has 0 amide bonds. The zero-order chi connectivity index (χ0) is 17.3. The quantitative estimate of drug-likeness (QED) is 0.794. The van der Waals surface area contributed by atoms with Crippen molar-refractivity contribution in [2.45, 2.75) is 44.5 Å². The Labute approximate surface area is 140 Å². The van der Waals surface area contributed by atoms with Crippen LogP contribution in [0.2, 0.25) is 0 Å². The first-order chi connectivity index (χ1) is 11.4. The van der Waals surface area contributed by atoms with Crippen molar-refractivity contribution in [1.82, 2.24) is 24.1 Å². The first-order valence-electron chi connectivity index (χ1n) is 7.98. The smallest absolute Gasteiger partial charge is 0.272 e. The van der Waals surface area contributed by atoms with Crippen molar-refractivity contribution in [1.29, 1.82) is 0 Å². The summed E-state index contributed by atoms with van der Waals surface area (Å²) in [4.78, 5) is 16.7. The molecule has 24 heavy (non-hydrogen) atoms. The molecule has 1 N–H and O–H groups in total. The Morgan fingerprint density at radius 2 is 2.12 bits per heavy atom. The van der Waals surface area contributed by atoms with Crippen LogP contribution >= 0.6 is 0 Å². The Morgan fingerprint density at radius 1 is 1.38 bits per heavy atom. The van der Waals surface area contributed by atoms with Crippen molar-refractivity contribution in [2.24, 2.45) is 0 Å². The van der Waals surface area contributed by atoms with Crippen molar-refractivity contribution in [2.75, 3.05) is 6.54 Å². The number of sulfonamides is 1. The minimum absolute atomic E-state index is 0.134. The van der Waals surface area contributed by atoms with Gasteiger partial charge in [0.2, 0.25) is 10.0 Å². The molecule has 130 valence electrons. The fourth-order valence-electron chi connectivity index (χ4n) is 2.38. The van der Waals surface area contributed by atoms with Gasteiger partial charge in [-0.05, 0) is 38.8 Å². The molecule has 0 saturated heterocycles. The van der Waals surface area contributed by atoms with Crippen LogP contribution in [0.1, 0.15) is 32.7 Å². The average molecular weight is 351 g/mol. The fourth-order valence-corrected chi connectivity index (χ4v) is 3.09. The minimum atomic E-state index is -3.35. The maximum atomic E-state index is 12.6. The third-order valence-corrected chi connectivity index (χ3v) is 5.80. The third kappa shape index (κ3) is 3.41. The Kier molecular flexibility index (Phi) is 4.55. The summed E-state index contributed by atoms with van der Waals surface area (Å²) < 4.78 is 29.1. The molecule has 2 heterocycles. The van der Waals surface area contributed by atoms with E-state index < -0.39 is 15.3 Å². The zero-order valence-corrected chi connectivity index (χ0v) is 14.5. The highest BCUT2D eigenvalue weighted by Gasteiger charge is 2.30. The predicted molar refractivity (Wildman–Crippen MR) is 90.0 cm³/mol. The van der Waals surface area contributed by atoms with Crippen LogP contribution in [0.3, 0.4) is 0 Å². The number of rotatable bonds is 7. The summed E-state index contributed by atoms with van der Waals surface area (Å²) in [6, 6.07) is 3.83. The lowest BCUT2D eigenvalue weighted by atomic mass is 10.3. The molecular weight excluding hydrogens is 330 g/mol. The van der Waals surface area contributed by atoms with Gasteiger partial charge >= 0.3 is 5.69 Å². The number of nitrogens with zero attached hydrogens (tertiary/aromatic N) is 4. The first-order valence-corrected chi connectivity index (χ1v) is 9.53. The average Bonchev–Trinajstić information content (AvgIpc) is 3.33. The summed E-state index contributed by atoms with van der Waals surface area (Å²) in [6.45, 7) is 3.54. The molecule has 2 aromatic rings. The Morgan fingerprint density at radius 3 is 2.71 bits per heavy atom. The van der Waals surface area contributed by atoms with E-state index in [1.807, 2.05) is 6.07 Å². The van der Waals surface area contributed by atoms with Gasteiger partial charge in [0.1, 0.15) is 0 Å². The molecule has 0 bridgehead atoms. The lowest BCUT2D eigenvalue weighted by Crippen LogP contribution is -2.35. The van der Waals surface area contributed by atoms with Gasteiger partial charge < -0.3 is 0 Å². The van der Waals surface area contributed by atoms with E-state index >= 15 is 0 Å². The van der Waals surface area contributed by atoms with E-state index in [9.17, 15) is 13.2 Å². The number of aromatic nitrogens is 4. The molecule has 9 heteroatoms. The van der Waals surface area contributed by atoms with Crippen molar-refractivity contribution < 1.29 is 8.42 Å². The van der Waals surface area contributed by atoms with Gasteiger partial charge in [0, 0.05) is 30.5 Å². The summed E-state index contributed by atoms with van der Waals surface area (Å²) in [5, 5.41) is 3.89. The highest BCUT2D eigenvalue weighted by Crippen LogP contribution is 2.36. The summed E-state index contributed by atoms with van der Waals surface area (Å²) in [5.74, 6) is 0.585. The van der Waals surface area contributed by atoms with Gasteiger partial charge in [0.15, 0.2) is 5.82 Å². The Bertz CT molecular complexity index is 866. The minimum Gasteiger partial charge on any atom is -0.272 e. The van der Waals surface area contributed by atoms with Crippen molar-refractivity contribution in [3.63, 3.8) is 0 Å². The second-order valence-electron chi connectivity index (χ2n) is 6.16. The molecule has 3 rings (SSSR count). The SMILES string of the molecule is CC(C)S(=O)(=O)NCCn1nc(-c2cccnc2)n(C2CC2)c1=O. The van der Waals surface area contributed by atoms with E-state index in [-0.39, 0.29) is 24.8 Å². The fraction of sp³-hybridized carbons (Fsp3) is 0.533. The molecule has 0 atom stereocenters. The van der Waals surface area contributed by atoms with Crippen LogP contribution in [-0.4, -0.2) is 39.5 Å². The topological polar surface area (TPSA) is 98.9 Å². The zero-order valence-electron chi connectivity index (χ0n) is 13.7. The number of hydrogen-bond donors (Lipinski definition) is 1. The van der Waals surface area contributed by atoms with Crippen LogP contribution in [0.4, 0.5) is 0 Å². The van der Waals surface area contributed by atoms with Crippen molar-refractivity contribution in [3.8, 4) is 11.4 Å². The molecule has 8 nitrogen and oxygen atoms in total. The van der Waals surface area contributed by atoms with E-state index in [0.29, 0.717) is 5.82 Å². The summed E-state index contributed by atoms with van der Waals surface area (Å²) in [6.07, 6.45) is 5.25. The molecule has 0 aliphatic heterocycles. The summed E-state index contributed by atoms with van der Waals surface area (Å²) in [5.41, 5.74) is 0.572. The summed E-state index contributed by atoms with van der Waals surface area (Å²) in [7, 11) is -3.35. The Hall–Kier alpha value is -2.00. The molecule has 0 spiro atoms. The maximum Gasteiger partial charge on any atom is 0.346 e. The standard InChI is InChI=1S/C15H21N5O3S/c1-11(2)24(22,23)17-8-9-19-15(21)20(13-5-6-13)14(18-19)12-4-3-7-16-10-12/h3-4,7,10-11,13,17H,5-6,8-9H2,1-2H3. The van der Waals surface area contributed by atoms with Gasteiger partial charge in [-0.2, -0.15) is 0 Å². The molecule has 2 aromatic heterocycles. The number of pyridine rings is 1. The van der Waals surface area contributed by atoms with E-state index in [1.165, 1.54) is 4.68 Å². The van der Waals surface area contributed by atoms with Gasteiger partial charge in [-0.15, -0.1) is 5.10 Å². The molecule has 1 saturated carbocycles. The van der Waals surface area contributed by atoms with Crippen LogP contribution in [0.15, 0.2) is 29.3 Å². The van der Waals surface area contributed by atoms with Gasteiger partial charge in [0.05, 0.1) is 11.8 Å². The van der Waals surface area contributed by atoms with Crippen LogP contribution < -0.4 is 10.4 Å². The second kappa shape index (κ2) is 6.48. The highest BCUT2D eigenvalue weighted by molar-refractivity contribution is 7.90. The third-order valence-electron chi connectivity index (χ3n) is 3.95. The molecule has 0 unspecified atom stereocenters. The maximum absolute atomic E-state index is 12.6. The molecular formula is C15H21N5O3S. The van der Waals surface area contributed by atoms with Gasteiger partial charge in [0.25, 0.3) is 0 Å². The monoisotopic (exact) mass is 351 g/mol. The Balaban J connectivity index is 1.84. The predicted octanol–water partition coefficient (Wildman–Crippen LogP) is 0.769.